The molecule has 0 bridgehead atoms. The Balaban J connectivity index is 4.35. The summed E-state index contributed by atoms with van der Waals surface area (Å²) in [5.74, 6) is -0.869. The van der Waals surface area contributed by atoms with Crippen molar-refractivity contribution in [1.29, 1.82) is 0 Å². The second-order valence-electron chi connectivity index (χ2n) is 15.2. The van der Waals surface area contributed by atoms with Crippen molar-refractivity contribution in [3.8, 4) is 0 Å². The van der Waals surface area contributed by atoms with Gasteiger partial charge in [-0.2, -0.15) is 0 Å². The molecule has 0 aliphatic rings. The fourth-order valence-corrected chi connectivity index (χ4v) is 6.64. The monoisotopic (exact) mass is 822 g/mol. The van der Waals surface area contributed by atoms with Crippen LogP contribution in [0.15, 0.2) is 60.8 Å². The maximum absolute atomic E-state index is 12.6. The molecule has 0 spiro atoms. The number of phosphoric acid groups is 1. The van der Waals surface area contributed by atoms with Gasteiger partial charge < -0.3 is 19.3 Å². The van der Waals surface area contributed by atoms with Gasteiger partial charge in [0, 0.05) is 19.4 Å². The standard InChI is InChI=1S/C47H84NO8P/c1-5-7-9-11-13-15-17-19-21-23-25-27-29-31-33-35-37-39-46(49)53-43-45(44-55-57(51,52)54-42-41-48(3)4)56-47(50)40-38-36-34-32-30-28-26-24-22-20-18-16-14-12-10-8-6-2/h8,10,14,16,20,22,26,28,32,34,45H,5-7,9,11-13,15,17-19,21,23-25,27,29-31,33,35-44H2,1-4H3,(H,51,52)/b10-8-,16-14-,22-20-,28-26-,34-32-. The molecule has 0 aliphatic heterocycles. The van der Waals surface area contributed by atoms with Crippen LogP contribution in [0.3, 0.4) is 0 Å². The Morgan fingerprint density at radius 1 is 0.561 bits per heavy atom. The van der Waals surface area contributed by atoms with E-state index in [2.05, 4.69) is 68.5 Å². The number of carbonyl (C=O) groups excluding carboxylic acids is 2. The van der Waals surface area contributed by atoms with Gasteiger partial charge in [-0.1, -0.05) is 177 Å². The third-order valence-electron chi connectivity index (χ3n) is 9.34. The summed E-state index contributed by atoms with van der Waals surface area (Å²) in [7, 11) is -0.743. The zero-order valence-electron chi connectivity index (χ0n) is 36.8. The molecule has 0 radical (unpaired) electrons. The number of phosphoric ester groups is 1. The Hall–Kier alpha value is -2.29. The zero-order valence-corrected chi connectivity index (χ0v) is 37.7. The van der Waals surface area contributed by atoms with Gasteiger partial charge in [-0.25, -0.2) is 4.57 Å². The van der Waals surface area contributed by atoms with E-state index in [0.29, 0.717) is 19.4 Å². The summed E-state index contributed by atoms with van der Waals surface area (Å²) in [6, 6.07) is 0. The molecule has 0 amide bonds. The number of allylic oxidation sites excluding steroid dienone is 10. The van der Waals surface area contributed by atoms with E-state index in [-0.39, 0.29) is 32.0 Å². The van der Waals surface area contributed by atoms with Gasteiger partial charge in [-0.15, -0.1) is 0 Å². The van der Waals surface area contributed by atoms with Crippen molar-refractivity contribution in [2.75, 3.05) is 40.5 Å². The lowest BCUT2D eigenvalue weighted by Gasteiger charge is -2.20. The average Bonchev–Trinajstić information content (AvgIpc) is 3.18. The minimum Gasteiger partial charge on any atom is -0.462 e. The van der Waals surface area contributed by atoms with Crippen LogP contribution >= 0.6 is 7.82 Å². The molecule has 0 aliphatic carbocycles. The first kappa shape index (κ1) is 54.7. The van der Waals surface area contributed by atoms with Crippen LogP contribution in [0.1, 0.15) is 181 Å². The SMILES string of the molecule is CC/C=C\C/C=C\C/C=C\C/C=C\C/C=C\CCCC(=O)OC(COC(=O)CCCCCCCCCCCCCCCCCCC)COP(=O)(O)OCCN(C)C. The number of ether oxygens (including phenoxy) is 2. The molecule has 0 aromatic carbocycles. The Morgan fingerprint density at radius 2 is 1.00 bits per heavy atom. The molecular formula is C47H84NO8P. The summed E-state index contributed by atoms with van der Waals surface area (Å²) in [5.41, 5.74) is 0. The smallest absolute Gasteiger partial charge is 0.462 e. The van der Waals surface area contributed by atoms with Crippen molar-refractivity contribution < 1.29 is 37.6 Å². The molecule has 2 unspecified atom stereocenters. The van der Waals surface area contributed by atoms with Crippen LogP contribution < -0.4 is 0 Å². The summed E-state index contributed by atoms with van der Waals surface area (Å²) < 4.78 is 33.4. The Bertz CT molecular complexity index is 1130. The molecule has 0 aromatic rings. The number of hydrogen-bond donors (Lipinski definition) is 1. The third-order valence-corrected chi connectivity index (χ3v) is 10.3. The van der Waals surface area contributed by atoms with E-state index in [0.717, 1.165) is 51.4 Å². The van der Waals surface area contributed by atoms with Crippen molar-refractivity contribution in [3.63, 3.8) is 0 Å². The molecule has 330 valence electrons. The molecule has 57 heavy (non-hydrogen) atoms. The van der Waals surface area contributed by atoms with E-state index in [9.17, 15) is 19.0 Å². The normalized spacial score (nSPS) is 13.9. The second-order valence-corrected chi connectivity index (χ2v) is 16.7. The first-order chi connectivity index (χ1) is 27.7. The number of unbranched alkanes of at least 4 members (excludes halogenated alkanes) is 17. The zero-order chi connectivity index (χ0) is 41.9. The summed E-state index contributed by atoms with van der Waals surface area (Å²) in [4.78, 5) is 37.0. The van der Waals surface area contributed by atoms with Crippen molar-refractivity contribution >= 4 is 19.8 Å². The highest BCUT2D eigenvalue weighted by atomic mass is 31.2. The summed E-state index contributed by atoms with van der Waals surface area (Å²) in [5, 5.41) is 0. The van der Waals surface area contributed by atoms with E-state index in [1.165, 1.54) is 89.9 Å². The van der Waals surface area contributed by atoms with Crippen LogP contribution in [0.25, 0.3) is 0 Å². The number of likely N-dealkylation sites (N-methyl/N-ethyl adjacent to an activating group) is 1. The highest BCUT2D eigenvalue weighted by molar-refractivity contribution is 7.47. The molecule has 2 atom stereocenters. The number of carbonyl (C=O) groups is 2. The van der Waals surface area contributed by atoms with Crippen LogP contribution in [-0.4, -0.2) is 68.3 Å². The topological polar surface area (TPSA) is 112 Å². The maximum atomic E-state index is 12.6. The van der Waals surface area contributed by atoms with Gasteiger partial charge in [0.2, 0.25) is 0 Å². The molecular weight excluding hydrogens is 737 g/mol. The molecule has 0 saturated carbocycles. The largest absolute Gasteiger partial charge is 0.472 e. The lowest BCUT2D eigenvalue weighted by Crippen LogP contribution is -2.29. The first-order valence-corrected chi connectivity index (χ1v) is 24.1. The minimum absolute atomic E-state index is 0.00459. The third kappa shape index (κ3) is 43.1. The van der Waals surface area contributed by atoms with Crippen LogP contribution in [0.4, 0.5) is 0 Å². The highest BCUT2D eigenvalue weighted by Gasteiger charge is 2.26. The van der Waals surface area contributed by atoms with Crippen molar-refractivity contribution in [2.24, 2.45) is 0 Å². The maximum Gasteiger partial charge on any atom is 0.472 e. The Kier molecular flexibility index (Phi) is 40.2. The van der Waals surface area contributed by atoms with Crippen molar-refractivity contribution in [2.45, 2.75) is 187 Å². The van der Waals surface area contributed by atoms with Crippen LogP contribution in [0, 0.1) is 0 Å². The van der Waals surface area contributed by atoms with Crippen LogP contribution in [0.5, 0.6) is 0 Å². The van der Waals surface area contributed by atoms with Gasteiger partial charge in [0.1, 0.15) is 6.61 Å². The molecule has 9 nitrogen and oxygen atoms in total. The molecule has 0 fully saturated rings. The van der Waals surface area contributed by atoms with Gasteiger partial charge in [-0.05, 0) is 65.5 Å². The molecule has 0 saturated heterocycles. The Morgan fingerprint density at radius 3 is 1.47 bits per heavy atom. The van der Waals surface area contributed by atoms with Gasteiger partial charge >= 0.3 is 19.8 Å². The van der Waals surface area contributed by atoms with Crippen molar-refractivity contribution in [3.05, 3.63) is 60.8 Å². The molecule has 0 aromatic heterocycles. The number of nitrogens with zero attached hydrogens (tertiary/aromatic N) is 1. The van der Waals surface area contributed by atoms with Crippen LogP contribution in [0.2, 0.25) is 0 Å². The molecule has 0 heterocycles. The predicted octanol–water partition coefficient (Wildman–Crippen LogP) is 13.1. The first-order valence-electron chi connectivity index (χ1n) is 22.6. The molecule has 1 N–H and O–H groups in total. The van der Waals surface area contributed by atoms with Crippen LogP contribution in [-0.2, 0) is 32.7 Å². The molecule has 10 heteroatoms. The minimum atomic E-state index is -4.38. The van der Waals surface area contributed by atoms with E-state index in [1.807, 2.05) is 25.1 Å². The summed E-state index contributed by atoms with van der Waals surface area (Å²) >= 11 is 0. The number of hydrogen-bond acceptors (Lipinski definition) is 8. The summed E-state index contributed by atoms with van der Waals surface area (Å²) in [6.45, 7) is 4.15. The van der Waals surface area contributed by atoms with E-state index in [4.69, 9.17) is 18.5 Å². The fourth-order valence-electron chi connectivity index (χ4n) is 5.90. The van der Waals surface area contributed by atoms with Crippen molar-refractivity contribution in [1.82, 2.24) is 4.90 Å². The van der Waals surface area contributed by atoms with Gasteiger partial charge in [0.15, 0.2) is 6.10 Å². The second kappa shape index (κ2) is 41.9. The van der Waals surface area contributed by atoms with Gasteiger partial charge in [-0.3, -0.25) is 18.6 Å². The lowest BCUT2D eigenvalue weighted by molar-refractivity contribution is -0.161. The van der Waals surface area contributed by atoms with E-state index < -0.39 is 26.5 Å². The number of rotatable bonds is 41. The van der Waals surface area contributed by atoms with Gasteiger partial charge in [0.05, 0.1) is 13.2 Å². The summed E-state index contributed by atoms with van der Waals surface area (Å²) in [6.07, 6.45) is 48.5. The predicted molar refractivity (Wildman–Crippen MR) is 238 cm³/mol. The number of esters is 2. The van der Waals surface area contributed by atoms with E-state index >= 15 is 0 Å². The quantitative estimate of drug-likeness (QED) is 0.0279. The molecule has 0 rings (SSSR count). The van der Waals surface area contributed by atoms with Gasteiger partial charge in [0.25, 0.3) is 0 Å². The lowest BCUT2D eigenvalue weighted by atomic mass is 10.0. The average molecular weight is 822 g/mol. The highest BCUT2D eigenvalue weighted by Crippen LogP contribution is 2.43. The van der Waals surface area contributed by atoms with E-state index in [1.54, 1.807) is 0 Å². The Labute approximate surface area is 349 Å². The fraction of sp³-hybridized carbons (Fsp3) is 0.745.